The summed E-state index contributed by atoms with van der Waals surface area (Å²) < 4.78 is 0. The minimum absolute atomic E-state index is 0.765. The Morgan fingerprint density at radius 3 is 2.58 bits per heavy atom. The van der Waals surface area contributed by atoms with Crippen molar-refractivity contribution in [2.45, 2.75) is 26.7 Å². The molecule has 0 aliphatic heterocycles. The van der Waals surface area contributed by atoms with Crippen LogP contribution < -0.4 is 4.90 Å². The molecule has 4 heteroatoms. The Kier molecular flexibility index (Phi) is 4.44. The van der Waals surface area contributed by atoms with Gasteiger partial charge in [0.2, 0.25) is 0 Å². The van der Waals surface area contributed by atoms with E-state index in [4.69, 9.17) is 0 Å². The number of rotatable bonds is 5. The van der Waals surface area contributed by atoms with E-state index in [0.717, 1.165) is 29.4 Å². The summed E-state index contributed by atoms with van der Waals surface area (Å²) in [5.74, 6) is 1.74. The quantitative estimate of drug-likeness (QED) is 0.824. The van der Waals surface area contributed by atoms with Gasteiger partial charge in [0.25, 0.3) is 0 Å². The molecule has 0 fully saturated rings. The van der Waals surface area contributed by atoms with Crippen LogP contribution in [0, 0.1) is 6.92 Å². The molecular formula is C15H20N4. The molecule has 0 unspecified atom stereocenters. The van der Waals surface area contributed by atoms with Gasteiger partial charge in [-0.05, 0) is 25.5 Å². The summed E-state index contributed by atoms with van der Waals surface area (Å²) in [6.07, 6.45) is 5.89. The summed E-state index contributed by atoms with van der Waals surface area (Å²) in [5.41, 5.74) is 1.99. The zero-order valence-corrected chi connectivity index (χ0v) is 11.8. The maximum absolute atomic E-state index is 4.64. The Labute approximate surface area is 114 Å². The van der Waals surface area contributed by atoms with Gasteiger partial charge in [-0.25, -0.2) is 9.97 Å². The van der Waals surface area contributed by atoms with E-state index >= 15 is 0 Å². The van der Waals surface area contributed by atoms with E-state index in [1.165, 1.54) is 12.8 Å². The van der Waals surface area contributed by atoms with Crippen LogP contribution in [0.1, 0.15) is 25.5 Å². The maximum atomic E-state index is 4.64. The second-order valence-corrected chi connectivity index (χ2v) is 4.70. The van der Waals surface area contributed by atoms with Gasteiger partial charge >= 0.3 is 0 Å². The van der Waals surface area contributed by atoms with Gasteiger partial charge in [-0.3, -0.25) is 4.98 Å². The molecule has 4 nitrogen and oxygen atoms in total. The Bertz CT molecular complexity index is 525. The Morgan fingerprint density at radius 2 is 1.89 bits per heavy atom. The highest BCUT2D eigenvalue weighted by atomic mass is 15.2. The summed E-state index contributed by atoms with van der Waals surface area (Å²) in [6, 6.07) is 5.90. The first-order valence-electron chi connectivity index (χ1n) is 6.68. The fourth-order valence-corrected chi connectivity index (χ4v) is 1.89. The molecule has 2 aromatic rings. The molecule has 0 bridgehead atoms. The lowest BCUT2D eigenvalue weighted by Crippen LogP contribution is -2.20. The summed E-state index contributed by atoms with van der Waals surface area (Å²) in [7, 11) is 2.08. The standard InChI is InChI=1S/C15H20N4/c1-4-5-10-19(3)14-11-12(2)17-15(18-14)13-6-8-16-9-7-13/h6-9,11H,4-5,10H2,1-3H3. The maximum Gasteiger partial charge on any atom is 0.161 e. The predicted octanol–water partition coefficient (Wildman–Crippen LogP) is 3.08. The molecule has 0 aliphatic carbocycles. The lowest BCUT2D eigenvalue weighted by Gasteiger charge is -2.18. The van der Waals surface area contributed by atoms with Crippen LogP contribution in [0.3, 0.4) is 0 Å². The van der Waals surface area contributed by atoms with Gasteiger partial charge in [-0.1, -0.05) is 13.3 Å². The third-order valence-corrected chi connectivity index (χ3v) is 3.02. The molecule has 19 heavy (non-hydrogen) atoms. The van der Waals surface area contributed by atoms with E-state index in [-0.39, 0.29) is 0 Å². The molecule has 0 spiro atoms. The van der Waals surface area contributed by atoms with Gasteiger partial charge in [-0.15, -0.1) is 0 Å². The van der Waals surface area contributed by atoms with Crippen LogP contribution in [0.25, 0.3) is 11.4 Å². The highest BCUT2D eigenvalue weighted by Crippen LogP contribution is 2.19. The summed E-state index contributed by atoms with van der Waals surface area (Å²) in [6.45, 7) is 5.22. The topological polar surface area (TPSA) is 41.9 Å². The summed E-state index contributed by atoms with van der Waals surface area (Å²) >= 11 is 0. The average molecular weight is 256 g/mol. The van der Waals surface area contributed by atoms with Gasteiger partial charge in [0.15, 0.2) is 5.82 Å². The number of aromatic nitrogens is 3. The van der Waals surface area contributed by atoms with Crippen molar-refractivity contribution in [1.82, 2.24) is 15.0 Å². The van der Waals surface area contributed by atoms with E-state index in [1.807, 2.05) is 25.1 Å². The van der Waals surface area contributed by atoms with E-state index in [0.29, 0.717) is 0 Å². The van der Waals surface area contributed by atoms with Crippen LogP contribution in [0.5, 0.6) is 0 Å². The van der Waals surface area contributed by atoms with Crippen LogP contribution in [0.2, 0.25) is 0 Å². The molecule has 2 rings (SSSR count). The Balaban J connectivity index is 2.29. The molecule has 0 radical (unpaired) electrons. The number of anilines is 1. The smallest absolute Gasteiger partial charge is 0.161 e. The molecule has 0 saturated carbocycles. The first kappa shape index (κ1) is 13.5. The van der Waals surface area contributed by atoms with E-state index in [2.05, 4.69) is 33.8 Å². The van der Waals surface area contributed by atoms with Crippen molar-refractivity contribution in [2.24, 2.45) is 0 Å². The van der Waals surface area contributed by atoms with Gasteiger partial charge in [-0.2, -0.15) is 0 Å². The van der Waals surface area contributed by atoms with Gasteiger partial charge in [0.1, 0.15) is 5.82 Å². The fourth-order valence-electron chi connectivity index (χ4n) is 1.89. The van der Waals surface area contributed by atoms with Crippen LogP contribution in [0.15, 0.2) is 30.6 Å². The molecule has 0 aliphatic rings. The molecule has 2 aromatic heterocycles. The van der Waals surface area contributed by atoms with Gasteiger partial charge in [0.05, 0.1) is 0 Å². The van der Waals surface area contributed by atoms with Crippen molar-refractivity contribution < 1.29 is 0 Å². The summed E-state index contributed by atoms with van der Waals surface area (Å²) in [4.78, 5) is 15.4. The third-order valence-electron chi connectivity index (χ3n) is 3.02. The second-order valence-electron chi connectivity index (χ2n) is 4.70. The van der Waals surface area contributed by atoms with Crippen molar-refractivity contribution in [3.63, 3.8) is 0 Å². The molecule has 0 atom stereocenters. The van der Waals surface area contributed by atoms with Crippen LogP contribution in [-0.4, -0.2) is 28.5 Å². The fraction of sp³-hybridized carbons (Fsp3) is 0.400. The Morgan fingerprint density at radius 1 is 1.16 bits per heavy atom. The lowest BCUT2D eigenvalue weighted by atomic mass is 10.2. The number of aryl methyl sites for hydroxylation is 1. The lowest BCUT2D eigenvalue weighted by molar-refractivity contribution is 0.758. The van der Waals surface area contributed by atoms with Gasteiger partial charge in [0, 0.05) is 43.3 Å². The monoisotopic (exact) mass is 256 g/mol. The van der Waals surface area contributed by atoms with Crippen LogP contribution in [-0.2, 0) is 0 Å². The Hall–Kier alpha value is -1.97. The number of unbranched alkanes of at least 4 members (excludes halogenated alkanes) is 1. The van der Waals surface area contributed by atoms with Crippen molar-refractivity contribution >= 4 is 5.82 Å². The minimum Gasteiger partial charge on any atom is -0.360 e. The molecule has 2 heterocycles. The van der Waals surface area contributed by atoms with Crippen LogP contribution >= 0.6 is 0 Å². The number of pyridine rings is 1. The summed E-state index contributed by atoms with van der Waals surface area (Å²) in [5, 5.41) is 0. The number of hydrogen-bond donors (Lipinski definition) is 0. The van der Waals surface area contributed by atoms with E-state index in [1.54, 1.807) is 12.4 Å². The first-order chi connectivity index (χ1) is 9.20. The molecule has 0 saturated heterocycles. The zero-order valence-electron chi connectivity index (χ0n) is 11.8. The zero-order chi connectivity index (χ0) is 13.7. The molecular weight excluding hydrogens is 236 g/mol. The van der Waals surface area contributed by atoms with Gasteiger partial charge < -0.3 is 4.90 Å². The molecule has 0 amide bonds. The largest absolute Gasteiger partial charge is 0.360 e. The van der Waals surface area contributed by atoms with Crippen LogP contribution in [0.4, 0.5) is 5.82 Å². The third kappa shape index (κ3) is 3.50. The van der Waals surface area contributed by atoms with Crippen molar-refractivity contribution in [2.75, 3.05) is 18.5 Å². The minimum atomic E-state index is 0.765. The molecule has 100 valence electrons. The normalized spacial score (nSPS) is 10.5. The predicted molar refractivity (Wildman–Crippen MR) is 78.2 cm³/mol. The van der Waals surface area contributed by atoms with Crippen molar-refractivity contribution in [3.05, 3.63) is 36.3 Å². The highest BCUT2D eigenvalue weighted by molar-refractivity contribution is 5.57. The van der Waals surface area contributed by atoms with Crippen molar-refractivity contribution in [3.8, 4) is 11.4 Å². The SMILES string of the molecule is CCCCN(C)c1cc(C)nc(-c2ccncc2)n1. The average Bonchev–Trinajstić information content (AvgIpc) is 2.45. The van der Waals surface area contributed by atoms with E-state index in [9.17, 15) is 0 Å². The molecule has 0 aromatic carbocycles. The first-order valence-corrected chi connectivity index (χ1v) is 6.68. The van der Waals surface area contributed by atoms with E-state index < -0.39 is 0 Å². The van der Waals surface area contributed by atoms with Crippen molar-refractivity contribution in [1.29, 1.82) is 0 Å². The highest BCUT2D eigenvalue weighted by Gasteiger charge is 2.08. The molecule has 0 N–H and O–H groups in total. The second kappa shape index (κ2) is 6.27. The number of nitrogens with zero attached hydrogens (tertiary/aromatic N) is 4. The number of hydrogen-bond acceptors (Lipinski definition) is 4.